The molecule has 0 fully saturated rings. The van der Waals surface area contributed by atoms with E-state index in [2.05, 4.69) is 4.74 Å². The molecule has 0 atom stereocenters. The molecule has 84 valence electrons. The third-order valence-electron chi connectivity index (χ3n) is 2.36. The van der Waals surface area contributed by atoms with Crippen LogP contribution in [0.4, 0.5) is 4.79 Å². The van der Waals surface area contributed by atoms with Gasteiger partial charge in [0, 0.05) is 11.6 Å². The Kier molecular flexibility index (Phi) is 2.81. The lowest BCUT2D eigenvalue weighted by Crippen LogP contribution is -2.09. The molecule has 4 heteroatoms. The van der Waals surface area contributed by atoms with Gasteiger partial charge >= 0.3 is 6.09 Å². The van der Waals surface area contributed by atoms with Crippen molar-refractivity contribution >= 4 is 17.0 Å². The largest absolute Gasteiger partial charge is 0.493 e. The van der Waals surface area contributed by atoms with Crippen LogP contribution in [0.3, 0.4) is 0 Å². The van der Waals surface area contributed by atoms with Crippen LogP contribution < -0.4 is 4.74 Å². The standard InChI is InChI=1S/C12H13NO3/c1-3-16-11-6-4-5-10-9(11)7-8-13(10)12(14)15-2/h4-8H,3H2,1-2H3. The molecule has 4 nitrogen and oxygen atoms in total. The van der Waals surface area contributed by atoms with Crippen molar-refractivity contribution in [3.8, 4) is 5.75 Å². The highest BCUT2D eigenvalue weighted by atomic mass is 16.5. The predicted molar refractivity (Wildman–Crippen MR) is 60.9 cm³/mol. The number of fused-ring (bicyclic) bond motifs is 1. The molecule has 0 N–H and O–H groups in total. The molecule has 1 heterocycles. The molecule has 0 aliphatic heterocycles. The first-order valence-corrected chi connectivity index (χ1v) is 5.09. The van der Waals surface area contributed by atoms with Crippen LogP contribution in [0.2, 0.25) is 0 Å². The maximum Gasteiger partial charge on any atom is 0.418 e. The zero-order valence-electron chi connectivity index (χ0n) is 9.27. The van der Waals surface area contributed by atoms with E-state index in [0.717, 1.165) is 16.7 Å². The van der Waals surface area contributed by atoms with Crippen LogP contribution in [-0.4, -0.2) is 24.4 Å². The van der Waals surface area contributed by atoms with Crippen molar-refractivity contribution in [3.05, 3.63) is 30.5 Å². The second-order valence-corrected chi connectivity index (χ2v) is 3.28. The van der Waals surface area contributed by atoms with Gasteiger partial charge in [-0.2, -0.15) is 0 Å². The summed E-state index contributed by atoms with van der Waals surface area (Å²) in [6.45, 7) is 2.53. The first-order valence-electron chi connectivity index (χ1n) is 5.09. The SMILES string of the molecule is CCOc1cccc2c1ccn2C(=O)OC. The van der Waals surface area contributed by atoms with Gasteiger partial charge in [0.25, 0.3) is 0 Å². The zero-order chi connectivity index (χ0) is 11.5. The molecule has 16 heavy (non-hydrogen) atoms. The molecule has 0 saturated heterocycles. The Morgan fingerprint density at radius 3 is 2.88 bits per heavy atom. The van der Waals surface area contributed by atoms with E-state index in [0.29, 0.717) is 6.61 Å². The highest BCUT2D eigenvalue weighted by molar-refractivity contribution is 5.93. The Morgan fingerprint density at radius 1 is 1.38 bits per heavy atom. The van der Waals surface area contributed by atoms with Gasteiger partial charge in [0.1, 0.15) is 5.75 Å². The molecular formula is C12H13NO3. The summed E-state index contributed by atoms with van der Waals surface area (Å²) in [5, 5.41) is 0.912. The van der Waals surface area contributed by atoms with Gasteiger partial charge in [0.05, 0.1) is 19.2 Å². The summed E-state index contributed by atoms with van der Waals surface area (Å²) in [5.74, 6) is 0.780. The van der Waals surface area contributed by atoms with E-state index in [9.17, 15) is 4.79 Å². The minimum Gasteiger partial charge on any atom is -0.493 e. The van der Waals surface area contributed by atoms with Crippen LogP contribution in [-0.2, 0) is 4.74 Å². The second-order valence-electron chi connectivity index (χ2n) is 3.28. The number of ether oxygens (including phenoxy) is 2. The summed E-state index contributed by atoms with van der Waals surface area (Å²) >= 11 is 0. The van der Waals surface area contributed by atoms with Crippen molar-refractivity contribution in [1.82, 2.24) is 4.57 Å². The molecule has 1 aromatic heterocycles. The van der Waals surface area contributed by atoms with Crippen molar-refractivity contribution in [3.63, 3.8) is 0 Å². The Balaban J connectivity index is 2.56. The first kappa shape index (κ1) is 10.5. The maximum absolute atomic E-state index is 11.5. The molecule has 0 amide bonds. The topological polar surface area (TPSA) is 40.5 Å². The predicted octanol–water partition coefficient (Wildman–Crippen LogP) is 2.65. The first-order chi connectivity index (χ1) is 7.77. The Labute approximate surface area is 93.4 Å². The van der Waals surface area contributed by atoms with Gasteiger partial charge in [-0.05, 0) is 25.1 Å². The van der Waals surface area contributed by atoms with Crippen LogP contribution in [0.25, 0.3) is 10.9 Å². The number of carbonyl (C=O) groups is 1. The molecule has 0 saturated carbocycles. The molecular weight excluding hydrogens is 206 g/mol. The number of nitrogens with zero attached hydrogens (tertiary/aromatic N) is 1. The molecule has 0 spiro atoms. The number of methoxy groups -OCH3 is 1. The van der Waals surface area contributed by atoms with Crippen LogP contribution in [0.1, 0.15) is 6.92 Å². The monoisotopic (exact) mass is 219 g/mol. The fourth-order valence-electron chi connectivity index (χ4n) is 1.68. The van der Waals surface area contributed by atoms with E-state index >= 15 is 0 Å². The Morgan fingerprint density at radius 2 is 2.19 bits per heavy atom. The van der Waals surface area contributed by atoms with Gasteiger partial charge in [-0.15, -0.1) is 0 Å². The van der Waals surface area contributed by atoms with E-state index in [1.165, 1.54) is 11.7 Å². The van der Waals surface area contributed by atoms with E-state index < -0.39 is 6.09 Å². The van der Waals surface area contributed by atoms with Gasteiger partial charge in [-0.25, -0.2) is 4.79 Å². The van der Waals surface area contributed by atoms with Crippen molar-refractivity contribution in [2.75, 3.05) is 13.7 Å². The fourth-order valence-corrected chi connectivity index (χ4v) is 1.68. The van der Waals surface area contributed by atoms with Gasteiger partial charge in [0.2, 0.25) is 0 Å². The van der Waals surface area contributed by atoms with E-state index in [4.69, 9.17) is 4.74 Å². The molecule has 0 unspecified atom stereocenters. The van der Waals surface area contributed by atoms with Crippen LogP contribution in [0, 0.1) is 0 Å². The van der Waals surface area contributed by atoms with Gasteiger partial charge in [-0.3, -0.25) is 4.57 Å². The van der Waals surface area contributed by atoms with E-state index in [1.807, 2.05) is 31.2 Å². The smallest absolute Gasteiger partial charge is 0.418 e. The molecule has 1 aromatic carbocycles. The molecule has 0 bridgehead atoms. The summed E-state index contributed by atoms with van der Waals surface area (Å²) in [5.41, 5.74) is 0.790. The van der Waals surface area contributed by atoms with E-state index in [1.54, 1.807) is 6.20 Å². The summed E-state index contributed by atoms with van der Waals surface area (Å²) in [6, 6.07) is 7.44. The fraction of sp³-hybridized carbons (Fsp3) is 0.250. The highest BCUT2D eigenvalue weighted by Gasteiger charge is 2.10. The Hall–Kier alpha value is -1.97. The lowest BCUT2D eigenvalue weighted by atomic mass is 10.2. The lowest BCUT2D eigenvalue weighted by Gasteiger charge is -2.05. The molecule has 0 radical (unpaired) electrons. The van der Waals surface area contributed by atoms with Gasteiger partial charge in [0.15, 0.2) is 0 Å². The average Bonchev–Trinajstić information content (AvgIpc) is 2.73. The van der Waals surface area contributed by atoms with Crippen LogP contribution in [0.15, 0.2) is 30.5 Å². The summed E-state index contributed by atoms with van der Waals surface area (Å²) < 4.78 is 11.6. The normalized spacial score (nSPS) is 10.4. The summed E-state index contributed by atoms with van der Waals surface area (Å²) in [6.07, 6.45) is 1.28. The third-order valence-corrected chi connectivity index (χ3v) is 2.36. The quantitative estimate of drug-likeness (QED) is 0.779. The number of benzene rings is 1. The van der Waals surface area contributed by atoms with Gasteiger partial charge < -0.3 is 9.47 Å². The van der Waals surface area contributed by atoms with Crippen LogP contribution in [0.5, 0.6) is 5.75 Å². The Bertz CT molecular complexity index is 516. The van der Waals surface area contributed by atoms with Crippen molar-refractivity contribution in [2.24, 2.45) is 0 Å². The summed E-state index contributed by atoms with van der Waals surface area (Å²) in [7, 11) is 1.36. The third kappa shape index (κ3) is 1.62. The van der Waals surface area contributed by atoms with E-state index in [-0.39, 0.29) is 0 Å². The van der Waals surface area contributed by atoms with Crippen molar-refractivity contribution < 1.29 is 14.3 Å². The van der Waals surface area contributed by atoms with Crippen LogP contribution >= 0.6 is 0 Å². The minimum absolute atomic E-state index is 0.399. The second kappa shape index (κ2) is 4.26. The lowest BCUT2D eigenvalue weighted by molar-refractivity contribution is 0.174. The molecule has 0 aliphatic rings. The molecule has 0 aliphatic carbocycles. The number of hydrogen-bond acceptors (Lipinski definition) is 3. The van der Waals surface area contributed by atoms with Crippen molar-refractivity contribution in [1.29, 1.82) is 0 Å². The number of aromatic nitrogens is 1. The van der Waals surface area contributed by atoms with Crippen molar-refractivity contribution in [2.45, 2.75) is 6.92 Å². The summed E-state index contributed by atoms with van der Waals surface area (Å²) in [4.78, 5) is 11.5. The highest BCUT2D eigenvalue weighted by Crippen LogP contribution is 2.26. The molecule has 2 rings (SSSR count). The zero-order valence-corrected chi connectivity index (χ0v) is 9.27. The number of rotatable bonds is 2. The number of carbonyl (C=O) groups excluding carboxylic acids is 1. The average molecular weight is 219 g/mol. The maximum atomic E-state index is 11.5. The van der Waals surface area contributed by atoms with Gasteiger partial charge in [-0.1, -0.05) is 6.07 Å². The number of hydrogen-bond donors (Lipinski definition) is 0. The molecule has 2 aromatic rings. The minimum atomic E-state index is -0.399.